The molecule has 14 nitrogen and oxygen atoms in total. The third-order valence-corrected chi connectivity index (χ3v) is 10.4. The Balaban J connectivity index is 2.01. The number of carbonyl (C=O) groups is 7. The Labute approximate surface area is 346 Å². The molecule has 1 aromatic carbocycles. The SMILES string of the molecule is CC(C)C1CC(=O)N(CCCCC[C@H](N[C@H](C(=O)C[C@@H](CCCNC(N)=O)C(=O)Nc2ccc(COC(=O)NCCCC(=O)C(C)(C)C)cc2)C(C)C)C(F)(F)F)C1=O. The van der Waals surface area contributed by atoms with Crippen molar-refractivity contribution in [2.45, 2.75) is 138 Å². The molecule has 1 heterocycles. The number of nitrogens with two attached hydrogens (primary N) is 1. The Morgan fingerprint density at radius 2 is 1.53 bits per heavy atom. The van der Waals surface area contributed by atoms with Crippen molar-refractivity contribution in [1.82, 2.24) is 20.9 Å². The molecule has 17 heteroatoms. The van der Waals surface area contributed by atoms with Crippen molar-refractivity contribution < 1.29 is 51.5 Å². The van der Waals surface area contributed by atoms with Gasteiger partial charge in [0, 0.05) is 61.8 Å². The second-order valence-electron chi connectivity index (χ2n) is 17.0. The van der Waals surface area contributed by atoms with Gasteiger partial charge in [-0.2, -0.15) is 13.2 Å². The van der Waals surface area contributed by atoms with E-state index in [0.29, 0.717) is 36.9 Å². The molecule has 1 fully saturated rings. The maximum Gasteiger partial charge on any atom is 0.407 e. The highest BCUT2D eigenvalue weighted by molar-refractivity contribution is 6.03. The van der Waals surface area contributed by atoms with Gasteiger partial charge in [0.15, 0.2) is 5.78 Å². The van der Waals surface area contributed by atoms with Crippen LogP contribution in [-0.4, -0.2) is 84.2 Å². The number of imide groups is 1. The Kier molecular flexibility index (Phi) is 20.5. The van der Waals surface area contributed by atoms with Crippen molar-refractivity contribution in [3.8, 4) is 0 Å². The second-order valence-corrected chi connectivity index (χ2v) is 17.0. The number of alkyl carbamates (subject to hydrolysis) is 1. The Hall–Kier alpha value is -4.54. The molecule has 1 aliphatic rings. The first-order chi connectivity index (χ1) is 27.5. The van der Waals surface area contributed by atoms with Crippen molar-refractivity contribution >= 4 is 47.1 Å². The van der Waals surface area contributed by atoms with Gasteiger partial charge in [-0.05, 0) is 61.6 Å². The predicted octanol–water partition coefficient (Wildman–Crippen LogP) is 6.41. The molecule has 6 amide bonds. The zero-order valence-electron chi connectivity index (χ0n) is 35.6. The number of halogens is 3. The number of unbranched alkanes of at least 4 members (excludes halogenated alkanes) is 2. The molecule has 4 atom stereocenters. The van der Waals surface area contributed by atoms with Crippen LogP contribution in [0.2, 0.25) is 0 Å². The van der Waals surface area contributed by atoms with E-state index >= 15 is 0 Å². The molecule has 1 aromatic rings. The summed E-state index contributed by atoms with van der Waals surface area (Å²) in [6.45, 7) is 13.0. The molecular formula is C42H65F3N6O8. The lowest BCUT2D eigenvalue weighted by Crippen LogP contribution is -2.52. The summed E-state index contributed by atoms with van der Waals surface area (Å²) in [6.07, 6.45) is -3.85. The van der Waals surface area contributed by atoms with Crippen molar-refractivity contribution in [3.63, 3.8) is 0 Å². The van der Waals surface area contributed by atoms with Crippen LogP contribution in [0, 0.1) is 29.1 Å². The normalized spacial score (nSPS) is 16.2. The number of nitrogens with one attached hydrogen (secondary N) is 4. The van der Waals surface area contributed by atoms with Gasteiger partial charge in [0.25, 0.3) is 0 Å². The molecule has 2 rings (SSSR count). The maximum atomic E-state index is 14.3. The molecule has 6 N–H and O–H groups in total. The molecule has 1 saturated heterocycles. The molecule has 0 spiro atoms. The first kappa shape index (κ1) is 50.6. The van der Waals surface area contributed by atoms with E-state index in [9.17, 15) is 46.7 Å². The number of likely N-dealkylation sites (tertiary alicyclic amines) is 1. The van der Waals surface area contributed by atoms with Crippen LogP contribution in [0.15, 0.2) is 24.3 Å². The second kappa shape index (κ2) is 23.9. The lowest BCUT2D eigenvalue weighted by Gasteiger charge is -2.30. The number of primary amides is 1. The predicted molar refractivity (Wildman–Crippen MR) is 217 cm³/mol. The number of hydrogen-bond donors (Lipinski definition) is 5. The van der Waals surface area contributed by atoms with E-state index in [4.69, 9.17) is 10.5 Å². The number of ether oxygens (including phenoxy) is 1. The molecule has 1 aliphatic heterocycles. The minimum absolute atomic E-state index is 0.0116. The van der Waals surface area contributed by atoms with E-state index in [2.05, 4.69) is 21.3 Å². The quantitative estimate of drug-likeness (QED) is 0.0545. The van der Waals surface area contributed by atoms with Gasteiger partial charge in [-0.15, -0.1) is 0 Å². The van der Waals surface area contributed by atoms with Gasteiger partial charge < -0.3 is 26.4 Å². The van der Waals surface area contributed by atoms with Gasteiger partial charge in [0.05, 0.1) is 6.04 Å². The highest BCUT2D eigenvalue weighted by atomic mass is 19.4. The van der Waals surface area contributed by atoms with Crippen molar-refractivity contribution in [2.75, 3.05) is 25.0 Å². The molecule has 0 aliphatic carbocycles. The van der Waals surface area contributed by atoms with Gasteiger partial charge in [-0.25, -0.2) is 9.59 Å². The molecule has 0 bridgehead atoms. The largest absolute Gasteiger partial charge is 0.445 e. The average Bonchev–Trinajstić information content (AvgIpc) is 3.42. The number of urea groups is 1. The van der Waals surface area contributed by atoms with Crippen molar-refractivity contribution in [3.05, 3.63) is 29.8 Å². The van der Waals surface area contributed by atoms with Gasteiger partial charge in [0.2, 0.25) is 17.7 Å². The summed E-state index contributed by atoms with van der Waals surface area (Å²) in [5, 5.41) is 10.3. The highest BCUT2D eigenvalue weighted by Gasteiger charge is 2.43. The number of nitrogens with zero attached hydrogens (tertiary/aromatic N) is 1. The molecule has 0 aromatic heterocycles. The first-order valence-corrected chi connectivity index (χ1v) is 20.6. The van der Waals surface area contributed by atoms with Gasteiger partial charge in [-0.1, -0.05) is 73.4 Å². The van der Waals surface area contributed by atoms with E-state index in [1.807, 2.05) is 34.6 Å². The van der Waals surface area contributed by atoms with Crippen LogP contribution >= 0.6 is 0 Å². The number of amides is 6. The number of ketones is 2. The smallest absolute Gasteiger partial charge is 0.407 e. The molecule has 59 heavy (non-hydrogen) atoms. The van der Waals surface area contributed by atoms with E-state index in [1.165, 1.54) is 4.90 Å². The van der Waals surface area contributed by atoms with Crippen LogP contribution < -0.4 is 27.0 Å². The lowest BCUT2D eigenvalue weighted by atomic mass is 9.88. The van der Waals surface area contributed by atoms with Gasteiger partial charge in [-0.3, -0.25) is 34.2 Å². The fourth-order valence-electron chi connectivity index (χ4n) is 6.67. The number of anilines is 1. The average molecular weight is 839 g/mol. The third-order valence-electron chi connectivity index (χ3n) is 10.4. The number of carbonyl (C=O) groups excluding carboxylic acids is 7. The first-order valence-electron chi connectivity index (χ1n) is 20.6. The number of alkyl halides is 3. The summed E-state index contributed by atoms with van der Waals surface area (Å²) >= 11 is 0. The standard InChI is InChI=1S/C42H65F3N6O8/c1-26(2)31-24-35(54)51(38(31)56)22-10-8-9-14-33(42(43,44)45)50-36(27(3)4)32(52)23-29(13-11-20-47-39(46)57)37(55)49-30-18-16-28(17-19-30)25-59-40(58)48-21-12-15-34(53)41(5,6)7/h16-19,26-27,29,31,33,36,50H,8-15,20-25H2,1-7H3,(H,48,58)(H,49,55)(H3,46,47,57)/t29-,31?,33+,36+/m1/s1. The van der Waals surface area contributed by atoms with Crippen LogP contribution in [0.5, 0.6) is 0 Å². The van der Waals surface area contributed by atoms with Crippen LogP contribution in [0.3, 0.4) is 0 Å². The van der Waals surface area contributed by atoms with Crippen molar-refractivity contribution in [2.24, 2.45) is 34.8 Å². The Morgan fingerprint density at radius 3 is 2.08 bits per heavy atom. The Bertz CT molecular complexity index is 1580. The van der Waals surface area contributed by atoms with Crippen LogP contribution in [0.1, 0.15) is 118 Å². The fourth-order valence-corrected chi connectivity index (χ4v) is 6.67. The Morgan fingerprint density at radius 1 is 0.881 bits per heavy atom. The van der Waals surface area contributed by atoms with Gasteiger partial charge >= 0.3 is 18.3 Å². The molecular weight excluding hydrogens is 773 g/mol. The van der Waals surface area contributed by atoms with E-state index in [1.54, 1.807) is 38.1 Å². The number of rotatable bonds is 25. The summed E-state index contributed by atoms with van der Waals surface area (Å²) in [5.74, 6) is -3.40. The van der Waals surface area contributed by atoms with Crippen molar-refractivity contribution in [1.29, 1.82) is 0 Å². The fraction of sp³-hybridized carbons (Fsp3) is 0.690. The molecule has 0 saturated carbocycles. The lowest BCUT2D eigenvalue weighted by molar-refractivity contribution is -0.161. The van der Waals surface area contributed by atoms with Crippen LogP contribution in [0.4, 0.5) is 28.4 Å². The van der Waals surface area contributed by atoms with Gasteiger partial charge in [0.1, 0.15) is 18.4 Å². The summed E-state index contributed by atoms with van der Waals surface area (Å²) in [6, 6.07) is 2.42. The zero-order chi connectivity index (χ0) is 44.5. The van der Waals surface area contributed by atoms with E-state index < -0.39 is 59.3 Å². The van der Waals surface area contributed by atoms with Crippen LogP contribution in [0.25, 0.3) is 0 Å². The zero-order valence-corrected chi connectivity index (χ0v) is 35.6. The minimum atomic E-state index is -4.68. The van der Waals surface area contributed by atoms with E-state index in [-0.39, 0.29) is 94.2 Å². The summed E-state index contributed by atoms with van der Waals surface area (Å²) in [4.78, 5) is 88.7. The number of benzene rings is 1. The van der Waals surface area contributed by atoms with Crippen LogP contribution in [-0.2, 0) is 35.3 Å². The van der Waals surface area contributed by atoms with E-state index in [0.717, 1.165) is 0 Å². The topological polar surface area (TPSA) is 206 Å². The minimum Gasteiger partial charge on any atom is -0.445 e. The highest BCUT2D eigenvalue weighted by Crippen LogP contribution is 2.29. The number of hydrogen-bond acceptors (Lipinski definition) is 9. The summed E-state index contributed by atoms with van der Waals surface area (Å²) in [5.41, 5.74) is 5.70. The third kappa shape index (κ3) is 18.1. The molecule has 1 unspecified atom stereocenters. The molecule has 0 radical (unpaired) electrons. The summed E-state index contributed by atoms with van der Waals surface area (Å²) < 4.78 is 48.2. The monoisotopic (exact) mass is 838 g/mol. The number of Topliss-reactive ketones (excluding diaryl/α,β-unsaturated/α-hetero) is 2. The summed E-state index contributed by atoms with van der Waals surface area (Å²) in [7, 11) is 0. The molecule has 332 valence electrons. The maximum absolute atomic E-state index is 14.3.